The number of aliphatic hydroxyl groups excluding tert-OH is 1. The number of hydrogen-bond donors (Lipinski definition) is 2. The third kappa shape index (κ3) is 3.18. The molecule has 0 saturated heterocycles. The van der Waals surface area contributed by atoms with Crippen LogP contribution in [0.1, 0.15) is 5.56 Å². The van der Waals surface area contributed by atoms with Gasteiger partial charge in [0.15, 0.2) is 5.76 Å². The molecule has 0 saturated carbocycles. The van der Waals surface area contributed by atoms with Gasteiger partial charge in [-0.1, -0.05) is 55.1 Å². The Bertz CT molecular complexity index is 809. The molecule has 3 rings (SSSR count). The van der Waals surface area contributed by atoms with Gasteiger partial charge in [-0.25, -0.2) is 0 Å². The molecule has 0 atom stereocenters. The Kier molecular flexibility index (Phi) is 4.38. The lowest BCUT2D eigenvalue weighted by Crippen LogP contribution is -2.22. The van der Waals surface area contributed by atoms with Crippen LogP contribution in [0.3, 0.4) is 0 Å². The van der Waals surface area contributed by atoms with Crippen molar-refractivity contribution in [3.05, 3.63) is 83.8 Å². The highest BCUT2D eigenvalue weighted by Gasteiger charge is 2.28. The molecule has 122 valence electrons. The Morgan fingerprint density at radius 3 is 2.54 bits per heavy atom. The molecule has 24 heavy (non-hydrogen) atoms. The largest absolute Gasteiger partial charge is 0.503 e. The molecule has 1 amide bonds. The molecule has 0 spiro atoms. The predicted octanol–water partition coefficient (Wildman–Crippen LogP) is 3.24. The highest BCUT2D eigenvalue weighted by molar-refractivity contribution is 5.95. The van der Waals surface area contributed by atoms with Gasteiger partial charge in [0.1, 0.15) is 0 Å². The van der Waals surface area contributed by atoms with Crippen molar-refractivity contribution >= 4 is 5.91 Å². The molecule has 0 aromatic heterocycles. The first-order valence-electron chi connectivity index (χ1n) is 7.81. The van der Waals surface area contributed by atoms with Crippen molar-refractivity contribution in [2.75, 3.05) is 13.6 Å². The van der Waals surface area contributed by atoms with Gasteiger partial charge >= 0.3 is 0 Å². The fraction of sp³-hybridized carbons (Fsp3) is 0.150. The summed E-state index contributed by atoms with van der Waals surface area (Å²) >= 11 is 0. The molecule has 1 heterocycles. The SMILES string of the molecule is C=C(NCc1cccc(-c2ccccc2)c1)C1=C(O)C(=O)N(C)C1. The van der Waals surface area contributed by atoms with E-state index in [0.29, 0.717) is 24.4 Å². The number of amides is 1. The second-order valence-corrected chi connectivity index (χ2v) is 5.89. The molecule has 0 unspecified atom stereocenters. The summed E-state index contributed by atoms with van der Waals surface area (Å²) in [7, 11) is 1.65. The second kappa shape index (κ2) is 6.62. The number of aliphatic hydroxyl groups is 1. The summed E-state index contributed by atoms with van der Waals surface area (Å²) in [6, 6.07) is 18.4. The fourth-order valence-corrected chi connectivity index (χ4v) is 2.74. The molecule has 2 aromatic rings. The van der Waals surface area contributed by atoms with Crippen LogP contribution in [0.2, 0.25) is 0 Å². The smallest absolute Gasteiger partial charge is 0.289 e. The van der Waals surface area contributed by atoms with E-state index in [1.165, 1.54) is 10.5 Å². The van der Waals surface area contributed by atoms with Gasteiger partial charge in [-0.05, 0) is 22.8 Å². The Morgan fingerprint density at radius 1 is 1.17 bits per heavy atom. The van der Waals surface area contributed by atoms with Crippen LogP contribution in [-0.4, -0.2) is 29.5 Å². The quantitative estimate of drug-likeness (QED) is 0.889. The first-order valence-corrected chi connectivity index (χ1v) is 7.81. The number of carbonyl (C=O) groups is 1. The summed E-state index contributed by atoms with van der Waals surface area (Å²) in [6.45, 7) is 4.90. The van der Waals surface area contributed by atoms with Crippen LogP contribution >= 0.6 is 0 Å². The number of likely N-dealkylation sites (N-methyl/N-ethyl adjacent to an activating group) is 1. The Labute approximate surface area is 141 Å². The second-order valence-electron chi connectivity index (χ2n) is 5.89. The number of hydrogen-bond acceptors (Lipinski definition) is 3. The van der Waals surface area contributed by atoms with E-state index in [2.05, 4.69) is 36.2 Å². The average molecular weight is 320 g/mol. The first kappa shape index (κ1) is 15.9. The van der Waals surface area contributed by atoms with Crippen molar-refractivity contribution < 1.29 is 9.90 Å². The standard InChI is InChI=1S/C20H20N2O2/c1-14(18-13-22(2)20(24)19(18)23)21-12-15-7-6-10-17(11-15)16-8-4-3-5-9-16/h3-11,21,23H,1,12-13H2,2H3. The maximum Gasteiger partial charge on any atom is 0.289 e. The van der Waals surface area contributed by atoms with Crippen LogP contribution in [0.15, 0.2) is 78.2 Å². The van der Waals surface area contributed by atoms with Gasteiger partial charge in [0.25, 0.3) is 5.91 Å². The molecule has 1 aliphatic heterocycles. The van der Waals surface area contributed by atoms with Crippen LogP contribution in [0, 0.1) is 0 Å². The molecule has 4 heteroatoms. The lowest BCUT2D eigenvalue weighted by molar-refractivity contribution is -0.126. The van der Waals surface area contributed by atoms with Crippen molar-refractivity contribution in [1.29, 1.82) is 0 Å². The van der Waals surface area contributed by atoms with E-state index >= 15 is 0 Å². The predicted molar refractivity (Wildman–Crippen MR) is 95.1 cm³/mol. The fourth-order valence-electron chi connectivity index (χ4n) is 2.74. The summed E-state index contributed by atoms with van der Waals surface area (Å²) in [4.78, 5) is 13.1. The normalized spacial score (nSPS) is 14.2. The molecule has 1 aliphatic rings. The molecule has 0 aliphatic carbocycles. The van der Waals surface area contributed by atoms with E-state index in [4.69, 9.17) is 0 Å². The zero-order valence-electron chi connectivity index (χ0n) is 13.6. The zero-order chi connectivity index (χ0) is 17.1. The summed E-state index contributed by atoms with van der Waals surface area (Å²) in [5.41, 5.74) is 4.56. The summed E-state index contributed by atoms with van der Waals surface area (Å²) in [5, 5.41) is 13.1. The molecule has 0 bridgehead atoms. The van der Waals surface area contributed by atoms with Crippen LogP contribution in [0.4, 0.5) is 0 Å². The van der Waals surface area contributed by atoms with Gasteiger partial charge in [0.05, 0.1) is 6.54 Å². The van der Waals surface area contributed by atoms with Gasteiger partial charge < -0.3 is 15.3 Å². The molecular formula is C20H20N2O2. The van der Waals surface area contributed by atoms with Gasteiger partial charge in [-0.3, -0.25) is 4.79 Å². The average Bonchev–Trinajstić information content (AvgIpc) is 2.88. The number of nitrogens with zero attached hydrogens (tertiary/aromatic N) is 1. The summed E-state index contributed by atoms with van der Waals surface area (Å²) < 4.78 is 0. The van der Waals surface area contributed by atoms with Gasteiger partial charge in [-0.2, -0.15) is 0 Å². The molecule has 0 radical (unpaired) electrons. The minimum absolute atomic E-state index is 0.215. The third-order valence-corrected chi connectivity index (χ3v) is 4.13. The lowest BCUT2D eigenvalue weighted by Gasteiger charge is -2.12. The lowest BCUT2D eigenvalue weighted by atomic mass is 10.0. The highest BCUT2D eigenvalue weighted by Crippen LogP contribution is 2.22. The Hall–Kier alpha value is -3.01. The van der Waals surface area contributed by atoms with Gasteiger partial charge in [0, 0.05) is 24.9 Å². The first-order chi connectivity index (χ1) is 11.6. The van der Waals surface area contributed by atoms with Crippen molar-refractivity contribution in [3.8, 4) is 11.1 Å². The van der Waals surface area contributed by atoms with E-state index in [1.807, 2.05) is 30.3 Å². The number of carbonyl (C=O) groups excluding carboxylic acids is 1. The summed E-state index contributed by atoms with van der Waals surface area (Å²) in [6.07, 6.45) is 0. The minimum Gasteiger partial charge on any atom is -0.503 e. The maximum absolute atomic E-state index is 11.6. The number of nitrogens with one attached hydrogen (secondary N) is 1. The van der Waals surface area contributed by atoms with E-state index in [1.54, 1.807) is 7.05 Å². The molecular weight excluding hydrogens is 300 g/mol. The van der Waals surface area contributed by atoms with Crippen LogP contribution in [0.25, 0.3) is 11.1 Å². The molecule has 4 nitrogen and oxygen atoms in total. The van der Waals surface area contributed by atoms with Crippen LogP contribution < -0.4 is 5.32 Å². The molecule has 2 aromatic carbocycles. The third-order valence-electron chi connectivity index (χ3n) is 4.13. The zero-order valence-corrected chi connectivity index (χ0v) is 13.6. The van der Waals surface area contributed by atoms with Crippen molar-refractivity contribution in [2.45, 2.75) is 6.54 Å². The highest BCUT2D eigenvalue weighted by atomic mass is 16.3. The molecule has 0 fully saturated rings. The monoisotopic (exact) mass is 320 g/mol. The minimum atomic E-state index is -0.362. The maximum atomic E-state index is 11.6. The Morgan fingerprint density at radius 2 is 1.88 bits per heavy atom. The van der Waals surface area contributed by atoms with Crippen LogP contribution in [-0.2, 0) is 11.3 Å². The molecule has 2 N–H and O–H groups in total. The van der Waals surface area contributed by atoms with Gasteiger partial charge in [-0.15, -0.1) is 0 Å². The topological polar surface area (TPSA) is 52.6 Å². The van der Waals surface area contributed by atoms with E-state index in [-0.39, 0.29) is 11.7 Å². The summed E-state index contributed by atoms with van der Waals surface area (Å²) in [5.74, 6) is -0.577. The van der Waals surface area contributed by atoms with Crippen molar-refractivity contribution in [3.63, 3.8) is 0 Å². The van der Waals surface area contributed by atoms with E-state index in [0.717, 1.165) is 11.1 Å². The number of rotatable bonds is 5. The van der Waals surface area contributed by atoms with Crippen molar-refractivity contribution in [1.82, 2.24) is 10.2 Å². The Balaban J connectivity index is 1.70. The van der Waals surface area contributed by atoms with Crippen LogP contribution in [0.5, 0.6) is 0 Å². The van der Waals surface area contributed by atoms with E-state index in [9.17, 15) is 9.90 Å². The van der Waals surface area contributed by atoms with E-state index < -0.39 is 0 Å². The van der Waals surface area contributed by atoms with Gasteiger partial charge in [0.2, 0.25) is 0 Å². The number of benzene rings is 2. The van der Waals surface area contributed by atoms with Crippen molar-refractivity contribution in [2.24, 2.45) is 0 Å².